The van der Waals surface area contributed by atoms with Crippen molar-refractivity contribution in [3.63, 3.8) is 0 Å². The van der Waals surface area contributed by atoms with Crippen LogP contribution in [0.1, 0.15) is 44.9 Å². The first-order chi connectivity index (χ1) is 8.15. The van der Waals surface area contributed by atoms with Crippen LogP contribution in [0.2, 0.25) is 0 Å². The second-order valence-electron chi connectivity index (χ2n) is 5.43. The molecular formula is C14H23NO2. The van der Waals surface area contributed by atoms with Crippen molar-refractivity contribution in [2.45, 2.75) is 50.5 Å². The minimum Gasteiger partial charge on any atom is -0.386 e. The molecule has 1 saturated heterocycles. The summed E-state index contributed by atoms with van der Waals surface area (Å²) in [6, 6.07) is 0. The molecule has 3 nitrogen and oxygen atoms in total. The minimum absolute atomic E-state index is 0.0712. The first-order valence-corrected chi connectivity index (χ1v) is 6.79. The summed E-state index contributed by atoms with van der Waals surface area (Å²) in [5, 5.41) is 10.4. The molecule has 2 fully saturated rings. The van der Waals surface area contributed by atoms with Gasteiger partial charge in [-0.15, -0.1) is 6.58 Å². The van der Waals surface area contributed by atoms with E-state index in [0.717, 1.165) is 51.6 Å². The Morgan fingerprint density at radius 1 is 1.35 bits per heavy atom. The molecule has 1 aliphatic carbocycles. The third-order valence-corrected chi connectivity index (χ3v) is 4.32. The highest BCUT2D eigenvalue weighted by atomic mass is 16.3. The standard InChI is InChI=1S/C14H23NO2/c1-2-14(17)8-4-3-7-12(14)11-13(16)15-9-5-6-10-15/h2,12,17H,1,3-11H2/t12-,14-/m1/s1. The first kappa shape index (κ1) is 12.6. The van der Waals surface area contributed by atoms with Gasteiger partial charge in [0.15, 0.2) is 0 Å². The van der Waals surface area contributed by atoms with Gasteiger partial charge in [-0.05, 0) is 31.6 Å². The molecule has 2 atom stereocenters. The van der Waals surface area contributed by atoms with E-state index in [9.17, 15) is 9.90 Å². The smallest absolute Gasteiger partial charge is 0.222 e. The van der Waals surface area contributed by atoms with E-state index < -0.39 is 5.60 Å². The van der Waals surface area contributed by atoms with Gasteiger partial charge in [-0.25, -0.2) is 0 Å². The summed E-state index contributed by atoms with van der Waals surface area (Å²) in [7, 11) is 0. The lowest BCUT2D eigenvalue weighted by Gasteiger charge is -2.38. The Kier molecular flexibility index (Phi) is 3.87. The van der Waals surface area contributed by atoms with Crippen LogP contribution in [0.5, 0.6) is 0 Å². The third-order valence-electron chi connectivity index (χ3n) is 4.32. The van der Waals surface area contributed by atoms with Crippen molar-refractivity contribution in [3.8, 4) is 0 Å². The van der Waals surface area contributed by atoms with Gasteiger partial charge in [0, 0.05) is 19.5 Å². The maximum Gasteiger partial charge on any atom is 0.222 e. The maximum atomic E-state index is 12.1. The number of amides is 1. The Bertz CT molecular complexity index is 297. The molecule has 2 aliphatic rings. The second-order valence-corrected chi connectivity index (χ2v) is 5.43. The highest BCUT2D eigenvalue weighted by Crippen LogP contribution is 2.37. The Morgan fingerprint density at radius 2 is 2.06 bits per heavy atom. The van der Waals surface area contributed by atoms with Crippen molar-refractivity contribution < 1.29 is 9.90 Å². The molecule has 0 aromatic heterocycles. The fourth-order valence-electron chi connectivity index (χ4n) is 3.11. The molecule has 1 aliphatic heterocycles. The van der Waals surface area contributed by atoms with Gasteiger partial charge < -0.3 is 10.0 Å². The number of carbonyl (C=O) groups excluding carboxylic acids is 1. The lowest BCUT2D eigenvalue weighted by molar-refractivity contribution is -0.134. The summed E-state index contributed by atoms with van der Waals surface area (Å²) in [5.74, 6) is 0.288. The monoisotopic (exact) mass is 237 g/mol. The number of hydrogen-bond acceptors (Lipinski definition) is 2. The Labute approximate surface area is 103 Å². The molecule has 0 spiro atoms. The summed E-state index contributed by atoms with van der Waals surface area (Å²) >= 11 is 0. The van der Waals surface area contributed by atoms with Crippen LogP contribution < -0.4 is 0 Å². The van der Waals surface area contributed by atoms with Crippen LogP contribution in [-0.4, -0.2) is 34.6 Å². The van der Waals surface area contributed by atoms with Crippen LogP contribution >= 0.6 is 0 Å². The average Bonchev–Trinajstić information content (AvgIpc) is 2.86. The molecule has 0 unspecified atom stereocenters. The summed E-state index contributed by atoms with van der Waals surface area (Å²) < 4.78 is 0. The minimum atomic E-state index is -0.812. The fraction of sp³-hybridized carbons (Fsp3) is 0.786. The van der Waals surface area contributed by atoms with E-state index in [1.54, 1.807) is 6.08 Å². The van der Waals surface area contributed by atoms with Gasteiger partial charge in [-0.3, -0.25) is 4.79 Å². The van der Waals surface area contributed by atoms with E-state index in [1.165, 1.54) is 0 Å². The van der Waals surface area contributed by atoms with Gasteiger partial charge in [0.1, 0.15) is 0 Å². The lowest BCUT2D eigenvalue weighted by Crippen LogP contribution is -2.42. The van der Waals surface area contributed by atoms with E-state index in [-0.39, 0.29) is 11.8 Å². The van der Waals surface area contributed by atoms with E-state index >= 15 is 0 Å². The second kappa shape index (κ2) is 5.21. The largest absolute Gasteiger partial charge is 0.386 e. The number of carbonyl (C=O) groups is 1. The Balaban J connectivity index is 1.95. The predicted octanol–water partition coefficient (Wildman–Crippen LogP) is 2.11. The van der Waals surface area contributed by atoms with Crippen molar-refractivity contribution in [1.82, 2.24) is 4.90 Å². The van der Waals surface area contributed by atoms with Gasteiger partial charge >= 0.3 is 0 Å². The molecule has 17 heavy (non-hydrogen) atoms. The molecule has 1 amide bonds. The van der Waals surface area contributed by atoms with Crippen LogP contribution in [0, 0.1) is 5.92 Å². The topological polar surface area (TPSA) is 40.5 Å². The summed E-state index contributed by atoms with van der Waals surface area (Å²) in [6.45, 7) is 5.54. The highest BCUT2D eigenvalue weighted by Gasteiger charge is 2.38. The van der Waals surface area contributed by atoms with Gasteiger partial charge in [-0.1, -0.05) is 18.9 Å². The molecule has 0 bridgehead atoms. The molecule has 2 rings (SSSR count). The van der Waals surface area contributed by atoms with Crippen LogP contribution in [0.3, 0.4) is 0 Å². The fourth-order valence-corrected chi connectivity index (χ4v) is 3.11. The van der Waals surface area contributed by atoms with Crippen molar-refractivity contribution in [3.05, 3.63) is 12.7 Å². The van der Waals surface area contributed by atoms with E-state index in [4.69, 9.17) is 0 Å². The number of aliphatic hydroxyl groups is 1. The molecule has 0 aromatic rings. The van der Waals surface area contributed by atoms with Gasteiger partial charge in [0.2, 0.25) is 5.91 Å². The van der Waals surface area contributed by atoms with Crippen LogP contribution in [-0.2, 0) is 4.79 Å². The Morgan fingerprint density at radius 3 is 2.71 bits per heavy atom. The summed E-state index contributed by atoms with van der Waals surface area (Å²) in [6.07, 6.45) is 8.25. The van der Waals surface area contributed by atoms with Gasteiger partial charge in [0.05, 0.1) is 5.60 Å². The maximum absolute atomic E-state index is 12.1. The molecule has 1 N–H and O–H groups in total. The molecule has 96 valence electrons. The van der Waals surface area contributed by atoms with E-state index in [1.807, 2.05) is 4.90 Å². The lowest BCUT2D eigenvalue weighted by atomic mass is 9.73. The normalized spacial score (nSPS) is 33.7. The number of rotatable bonds is 3. The molecule has 0 radical (unpaired) electrons. The SMILES string of the molecule is C=C[C@@]1(O)CCCC[C@@H]1CC(=O)N1CCCC1. The quantitative estimate of drug-likeness (QED) is 0.764. The first-order valence-electron chi connectivity index (χ1n) is 6.79. The predicted molar refractivity (Wildman–Crippen MR) is 67.5 cm³/mol. The van der Waals surface area contributed by atoms with Crippen molar-refractivity contribution in [2.75, 3.05) is 13.1 Å². The van der Waals surface area contributed by atoms with Crippen molar-refractivity contribution >= 4 is 5.91 Å². The molecule has 1 saturated carbocycles. The molecule has 1 heterocycles. The number of hydrogen-bond donors (Lipinski definition) is 1. The zero-order valence-corrected chi connectivity index (χ0v) is 10.5. The highest BCUT2D eigenvalue weighted by molar-refractivity contribution is 5.76. The number of likely N-dealkylation sites (tertiary alicyclic amines) is 1. The van der Waals surface area contributed by atoms with Gasteiger partial charge in [-0.2, -0.15) is 0 Å². The average molecular weight is 237 g/mol. The molecule has 3 heteroatoms. The zero-order chi connectivity index (χ0) is 12.3. The Hall–Kier alpha value is -0.830. The van der Waals surface area contributed by atoms with E-state index in [2.05, 4.69) is 6.58 Å². The van der Waals surface area contributed by atoms with Crippen LogP contribution in [0.4, 0.5) is 0 Å². The number of nitrogens with zero attached hydrogens (tertiary/aromatic N) is 1. The van der Waals surface area contributed by atoms with Crippen molar-refractivity contribution in [1.29, 1.82) is 0 Å². The van der Waals surface area contributed by atoms with E-state index in [0.29, 0.717) is 6.42 Å². The van der Waals surface area contributed by atoms with Crippen molar-refractivity contribution in [2.24, 2.45) is 5.92 Å². The van der Waals surface area contributed by atoms with Crippen LogP contribution in [0.15, 0.2) is 12.7 Å². The summed E-state index contributed by atoms with van der Waals surface area (Å²) in [5.41, 5.74) is -0.812. The molecule has 0 aromatic carbocycles. The zero-order valence-electron chi connectivity index (χ0n) is 10.5. The summed E-state index contributed by atoms with van der Waals surface area (Å²) in [4.78, 5) is 14.0. The van der Waals surface area contributed by atoms with Crippen LogP contribution in [0.25, 0.3) is 0 Å². The molecular weight excluding hydrogens is 214 g/mol. The third kappa shape index (κ3) is 2.71. The van der Waals surface area contributed by atoms with Gasteiger partial charge in [0.25, 0.3) is 0 Å².